The molecule has 596 valence electrons. The lowest BCUT2D eigenvalue weighted by molar-refractivity contribution is 0.668. The van der Waals surface area contributed by atoms with Crippen LogP contribution in [-0.4, -0.2) is 0 Å². The maximum atomic E-state index is 6.27. The van der Waals surface area contributed by atoms with Crippen LogP contribution in [0.25, 0.3) is 133 Å². The van der Waals surface area contributed by atoms with Crippen molar-refractivity contribution in [2.45, 2.75) is 0 Å². The number of para-hydroxylation sites is 4. The second kappa shape index (κ2) is 34.7. The number of hydrogen-bond donors (Lipinski definition) is 0. The van der Waals surface area contributed by atoms with Crippen LogP contribution in [0.5, 0.6) is 0 Å². The largest absolute Gasteiger partial charge is 0.456 e. The van der Waals surface area contributed by atoms with Crippen LogP contribution >= 0.6 is 0 Å². The molecule has 2 heterocycles. The van der Waals surface area contributed by atoms with Crippen LogP contribution in [0.2, 0.25) is 0 Å². The van der Waals surface area contributed by atoms with E-state index in [1.54, 1.807) is 0 Å². The Bertz CT molecular complexity index is 7390. The van der Waals surface area contributed by atoms with E-state index in [0.29, 0.717) is 0 Å². The third-order valence-electron chi connectivity index (χ3n) is 23.7. The molecule has 0 aliphatic rings. The van der Waals surface area contributed by atoms with Crippen LogP contribution in [0.1, 0.15) is 0 Å². The summed E-state index contributed by atoms with van der Waals surface area (Å²) in [5, 5.41) is 4.54. The molecule has 0 amide bonds. The maximum Gasteiger partial charge on any atom is 0.136 e. The van der Waals surface area contributed by atoms with Gasteiger partial charge >= 0.3 is 0 Å². The van der Waals surface area contributed by atoms with Gasteiger partial charge in [-0.3, -0.25) is 0 Å². The van der Waals surface area contributed by atoms with E-state index in [-0.39, 0.29) is 0 Å². The number of hydrogen-bond acceptors (Lipinski definition) is 6. The van der Waals surface area contributed by atoms with E-state index < -0.39 is 0 Å². The van der Waals surface area contributed by atoms with Gasteiger partial charge in [-0.1, -0.05) is 328 Å². The van der Waals surface area contributed by atoms with Crippen molar-refractivity contribution in [3.05, 3.63) is 510 Å². The third-order valence-corrected chi connectivity index (χ3v) is 23.7. The van der Waals surface area contributed by atoms with E-state index in [0.717, 1.165) is 157 Å². The van der Waals surface area contributed by atoms with Gasteiger partial charge in [0.1, 0.15) is 22.3 Å². The molecule has 6 nitrogen and oxygen atoms in total. The van der Waals surface area contributed by atoms with Gasteiger partial charge in [0.05, 0.1) is 0 Å². The topological polar surface area (TPSA) is 39.2 Å². The quantitative estimate of drug-likeness (QED) is 0.0757. The standard InChI is InChI=1S/C66H46N2O.C54H38N2O/c1-4-14-47(15-5-1)50-26-35-57(36-27-50)67(58-37-28-51(29-38-58)48-16-6-2-7-17-48)61-22-12-20-54(44-61)55-21-13-23-62(45-55)68(59-39-30-52(31-40-59)49-18-8-3-9-19-49)60-41-32-53(33-42-60)56-34-43-64-63-24-10-11-25-65(63)69-66(64)46-56;1-4-14-39(15-5-1)40-26-31-47(32-27-40)56(48-33-28-41(29-34-48)44-30-35-52-51-24-10-11-25-53(51)57-54(52)38-44)50-23-13-17-43(37-50)42-16-12-22-49(36-42)55(45-18-6-2-7-19-45)46-20-8-3-9-21-46/h1-46H;1-38H. The zero-order chi connectivity index (χ0) is 83.9. The Morgan fingerprint density at radius 1 is 0.103 bits per heavy atom. The number of furan rings is 2. The Hall–Kier alpha value is -16.8. The Labute approximate surface area is 734 Å². The summed E-state index contributed by atoms with van der Waals surface area (Å²) in [5.41, 5.74) is 35.1. The van der Waals surface area contributed by atoms with Crippen molar-refractivity contribution in [1.82, 2.24) is 0 Å². The van der Waals surface area contributed by atoms with E-state index in [2.05, 4.69) is 505 Å². The van der Waals surface area contributed by atoms with Gasteiger partial charge in [-0.25, -0.2) is 0 Å². The average molecular weight is 1610 g/mol. The Balaban J connectivity index is 0.000000157. The van der Waals surface area contributed by atoms with Crippen molar-refractivity contribution in [2.24, 2.45) is 0 Å². The molecule has 22 rings (SSSR count). The van der Waals surface area contributed by atoms with Crippen LogP contribution in [0, 0.1) is 0 Å². The molecule has 0 saturated carbocycles. The van der Waals surface area contributed by atoms with Gasteiger partial charge < -0.3 is 28.4 Å². The van der Waals surface area contributed by atoms with Gasteiger partial charge in [-0.05, 0) is 271 Å². The highest BCUT2D eigenvalue weighted by atomic mass is 16.3. The van der Waals surface area contributed by atoms with Gasteiger partial charge in [-0.15, -0.1) is 0 Å². The lowest BCUT2D eigenvalue weighted by Gasteiger charge is -2.27. The molecule has 0 fully saturated rings. The number of benzene rings is 20. The highest BCUT2D eigenvalue weighted by Crippen LogP contribution is 2.46. The highest BCUT2D eigenvalue weighted by molar-refractivity contribution is 6.07. The predicted octanol–water partition coefficient (Wildman–Crippen LogP) is 34.4. The summed E-state index contributed by atoms with van der Waals surface area (Å²) in [6.07, 6.45) is 0. The van der Waals surface area contributed by atoms with E-state index in [1.807, 2.05) is 24.3 Å². The van der Waals surface area contributed by atoms with Crippen LogP contribution in [0.3, 0.4) is 0 Å². The fraction of sp³-hybridized carbons (Fsp3) is 0. The smallest absolute Gasteiger partial charge is 0.136 e. The fourth-order valence-electron chi connectivity index (χ4n) is 17.4. The second-order valence-electron chi connectivity index (χ2n) is 31.6. The molecular formula is C120H84N4O2. The van der Waals surface area contributed by atoms with Crippen LogP contribution in [0.15, 0.2) is 518 Å². The lowest BCUT2D eigenvalue weighted by Crippen LogP contribution is -2.10. The van der Waals surface area contributed by atoms with Crippen molar-refractivity contribution >= 4 is 112 Å². The monoisotopic (exact) mass is 1610 g/mol. The summed E-state index contributed by atoms with van der Waals surface area (Å²) >= 11 is 0. The summed E-state index contributed by atoms with van der Waals surface area (Å²) in [7, 11) is 0. The minimum absolute atomic E-state index is 0.892. The first-order valence-corrected chi connectivity index (χ1v) is 42.8. The highest BCUT2D eigenvalue weighted by Gasteiger charge is 2.22. The Kier molecular flexibility index (Phi) is 21.1. The Morgan fingerprint density at radius 2 is 0.270 bits per heavy atom. The predicted molar refractivity (Wildman–Crippen MR) is 530 cm³/mol. The summed E-state index contributed by atoms with van der Waals surface area (Å²) in [4.78, 5) is 9.35. The molecule has 0 aliphatic carbocycles. The summed E-state index contributed by atoms with van der Waals surface area (Å²) in [6.45, 7) is 0. The molecule has 6 heteroatoms. The molecule has 22 aromatic rings. The van der Waals surface area contributed by atoms with Crippen LogP contribution < -0.4 is 19.6 Å². The number of fused-ring (bicyclic) bond motifs is 6. The Morgan fingerprint density at radius 3 is 0.524 bits per heavy atom. The molecule has 0 aliphatic heterocycles. The summed E-state index contributed by atoms with van der Waals surface area (Å²) < 4.78 is 12.5. The van der Waals surface area contributed by atoms with Crippen molar-refractivity contribution < 1.29 is 8.83 Å². The van der Waals surface area contributed by atoms with Gasteiger partial charge in [-0.2, -0.15) is 0 Å². The van der Waals surface area contributed by atoms with Gasteiger partial charge in [0, 0.05) is 89.8 Å². The third kappa shape index (κ3) is 16.0. The zero-order valence-corrected chi connectivity index (χ0v) is 69.1. The number of anilines is 12. The van der Waals surface area contributed by atoms with Crippen molar-refractivity contribution in [2.75, 3.05) is 19.6 Å². The molecule has 0 radical (unpaired) electrons. The first-order valence-electron chi connectivity index (χ1n) is 42.8. The van der Waals surface area contributed by atoms with Crippen molar-refractivity contribution in [1.29, 1.82) is 0 Å². The molecular weight excluding hydrogens is 1530 g/mol. The molecule has 0 bridgehead atoms. The molecule has 0 unspecified atom stereocenters. The van der Waals surface area contributed by atoms with Gasteiger partial charge in [0.2, 0.25) is 0 Å². The summed E-state index contributed by atoms with van der Waals surface area (Å²) in [5.74, 6) is 0. The maximum absolute atomic E-state index is 6.27. The van der Waals surface area contributed by atoms with E-state index in [1.165, 1.54) is 44.5 Å². The molecule has 2 aromatic heterocycles. The first kappa shape index (κ1) is 76.6. The minimum atomic E-state index is 0.892. The minimum Gasteiger partial charge on any atom is -0.456 e. The molecule has 0 N–H and O–H groups in total. The first-order chi connectivity index (χ1) is 62.4. The van der Waals surface area contributed by atoms with Crippen molar-refractivity contribution in [3.8, 4) is 89.0 Å². The SMILES string of the molecule is c1ccc(-c2ccc(N(c3ccc(-c4ccc5c(c4)oc4ccccc45)cc3)c3cccc(-c4cccc(N(c5ccccc5)c5ccccc5)c4)c3)cc2)cc1.c1ccc(-c2ccc(N(c3ccc(-c4ccccc4)cc3)c3cccc(-c4cccc(N(c5ccc(-c6ccccc6)cc5)c5ccc(-c6ccc7c(c6)oc6ccccc67)cc5)c4)c3)cc2)cc1. The molecule has 126 heavy (non-hydrogen) atoms. The van der Waals surface area contributed by atoms with E-state index in [4.69, 9.17) is 8.83 Å². The number of nitrogens with zero attached hydrogens (tertiary/aromatic N) is 4. The van der Waals surface area contributed by atoms with Crippen molar-refractivity contribution in [3.63, 3.8) is 0 Å². The van der Waals surface area contributed by atoms with Gasteiger partial charge in [0.25, 0.3) is 0 Å². The molecule has 0 saturated heterocycles. The zero-order valence-electron chi connectivity index (χ0n) is 69.1. The van der Waals surface area contributed by atoms with Gasteiger partial charge in [0.15, 0.2) is 0 Å². The fourth-order valence-corrected chi connectivity index (χ4v) is 17.4. The lowest BCUT2D eigenvalue weighted by atomic mass is 10.0. The molecule has 20 aromatic carbocycles. The average Bonchev–Trinajstić information content (AvgIpc) is 1.73. The van der Waals surface area contributed by atoms with E-state index in [9.17, 15) is 0 Å². The normalized spacial score (nSPS) is 11.2. The van der Waals surface area contributed by atoms with Crippen LogP contribution in [0.4, 0.5) is 68.2 Å². The molecule has 0 spiro atoms. The number of rotatable bonds is 20. The summed E-state index contributed by atoms with van der Waals surface area (Å²) in [6, 6.07) is 182. The van der Waals surface area contributed by atoms with E-state index >= 15 is 0 Å². The second-order valence-corrected chi connectivity index (χ2v) is 31.6. The van der Waals surface area contributed by atoms with Crippen LogP contribution in [-0.2, 0) is 0 Å². The molecule has 0 atom stereocenters.